The third-order valence-corrected chi connectivity index (χ3v) is 7.82. The summed E-state index contributed by atoms with van der Waals surface area (Å²) in [5, 5.41) is 4.13. The molecule has 6 nitrogen and oxygen atoms in total. The van der Waals surface area contributed by atoms with E-state index in [9.17, 15) is 4.79 Å². The fourth-order valence-corrected chi connectivity index (χ4v) is 5.91. The first-order valence-corrected chi connectivity index (χ1v) is 12.9. The molecule has 1 spiro atoms. The monoisotopic (exact) mass is 476 g/mol. The molecule has 3 heterocycles. The second kappa shape index (κ2) is 9.47. The van der Waals surface area contributed by atoms with Gasteiger partial charge in [-0.3, -0.25) is 9.36 Å². The van der Waals surface area contributed by atoms with Gasteiger partial charge in [-0.25, -0.2) is 4.98 Å². The van der Waals surface area contributed by atoms with Crippen molar-refractivity contribution in [2.75, 3.05) is 25.9 Å². The van der Waals surface area contributed by atoms with E-state index in [0.29, 0.717) is 5.75 Å². The second-order valence-electron chi connectivity index (χ2n) is 9.66. The van der Waals surface area contributed by atoms with Crippen LogP contribution in [0.4, 0.5) is 0 Å². The minimum Gasteiger partial charge on any atom is -0.487 e. The molecule has 34 heavy (non-hydrogen) atoms. The van der Waals surface area contributed by atoms with Crippen LogP contribution in [0, 0.1) is 13.8 Å². The number of likely N-dealkylation sites (tertiary alicyclic amines) is 1. The van der Waals surface area contributed by atoms with E-state index >= 15 is 0 Å². The molecule has 3 aromatic rings. The molecule has 1 saturated heterocycles. The first-order chi connectivity index (χ1) is 16.4. The number of hydrogen-bond acceptors (Lipinski definition) is 5. The van der Waals surface area contributed by atoms with Crippen LogP contribution in [0.3, 0.4) is 0 Å². The number of nitrogens with zero attached hydrogens (tertiary/aromatic N) is 3. The van der Waals surface area contributed by atoms with E-state index in [4.69, 9.17) is 4.74 Å². The van der Waals surface area contributed by atoms with E-state index in [2.05, 4.69) is 64.9 Å². The summed E-state index contributed by atoms with van der Waals surface area (Å²) in [6, 6.07) is 14.5. The fourth-order valence-electron chi connectivity index (χ4n) is 5.13. The van der Waals surface area contributed by atoms with Gasteiger partial charge in [0.05, 0.1) is 11.8 Å². The summed E-state index contributed by atoms with van der Waals surface area (Å²) in [6.07, 6.45) is 6.51. The van der Waals surface area contributed by atoms with Gasteiger partial charge in [-0.05, 0) is 63.1 Å². The van der Waals surface area contributed by atoms with Gasteiger partial charge >= 0.3 is 0 Å². The third-order valence-electron chi connectivity index (χ3n) is 6.85. The van der Waals surface area contributed by atoms with Gasteiger partial charge in [0.25, 0.3) is 0 Å². The number of para-hydroxylation sites is 1. The summed E-state index contributed by atoms with van der Waals surface area (Å²) in [7, 11) is 2.15. The van der Waals surface area contributed by atoms with Crippen LogP contribution in [0.1, 0.15) is 42.0 Å². The van der Waals surface area contributed by atoms with Crippen molar-refractivity contribution in [2.24, 2.45) is 0 Å². The van der Waals surface area contributed by atoms with Gasteiger partial charge < -0.3 is 15.0 Å². The van der Waals surface area contributed by atoms with E-state index in [1.54, 1.807) is 6.20 Å². The van der Waals surface area contributed by atoms with Crippen molar-refractivity contribution >= 4 is 17.7 Å². The molecule has 2 aliphatic heterocycles. The molecule has 1 fully saturated rings. The molecule has 1 atom stereocenters. The molecular formula is C27H32N4O2S. The molecule has 2 aromatic carbocycles. The summed E-state index contributed by atoms with van der Waals surface area (Å²) in [4.78, 5) is 19.9. The summed E-state index contributed by atoms with van der Waals surface area (Å²) in [5.74, 6) is 1.24. The lowest BCUT2D eigenvalue weighted by molar-refractivity contribution is -0.120. The van der Waals surface area contributed by atoms with Crippen LogP contribution in [0.15, 0.2) is 60.0 Å². The Bertz CT molecular complexity index is 1160. The molecule has 1 N–H and O–H groups in total. The number of hydrogen-bond donors (Lipinski definition) is 1. The van der Waals surface area contributed by atoms with E-state index in [0.717, 1.165) is 54.5 Å². The number of fused-ring (bicyclic) bond motifs is 1. The van der Waals surface area contributed by atoms with Crippen LogP contribution in [0.25, 0.3) is 5.69 Å². The highest BCUT2D eigenvalue weighted by Gasteiger charge is 2.43. The average molecular weight is 477 g/mol. The van der Waals surface area contributed by atoms with Crippen LogP contribution in [-0.2, 0) is 4.79 Å². The Balaban J connectivity index is 1.28. The number of amides is 1. The van der Waals surface area contributed by atoms with Gasteiger partial charge in [-0.2, -0.15) is 0 Å². The fraction of sp³-hybridized carbons (Fsp3) is 0.407. The van der Waals surface area contributed by atoms with Gasteiger partial charge in [-0.15, -0.1) is 0 Å². The van der Waals surface area contributed by atoms with Gasteiger partial charge in [0.2, 0.25) is 5.91 Å². The Labute approximate surface area is 205 Å². The zero-order valence-electron chi connectivity index (χ0n) is 20.1. The zero-order valence-corrected chi connectivity index (χ0v) is 20.9. The summed E-state index contributed by atoms with van der Waals surface area (Å²) in [5.41, 5.74) is 4.35. The molecule has 0 saturated carbocycles. The minimum absolute atomic E-state index is 0.0183. The molecule has 1 aromatic heterocycles. The topological polar surface area (TPSA) is 59.4 Å². The zero-order chi connectivity index (χ0) is 23.7. The lowest BCUT2D eigenvalue weighted by Gasteiger charge is -2.46. The Morgan fingerprint density at radius 1 is 1.18 bits per heavy atom. The van der Waals surface area contributed by atoms with E-state index < -0.39 is 0 Å². The predicted octanol–water partition coefficient (Wildman–Crippen LogP) is 4.69. The van der Waals surface area contributed by atoms with Crippen molar-refractivity contribution in [3.63, 3.8) is 0 Å². The van der Waals surface area contributed by atoms with Gasteiger partial charge in [0.15, 0.2) is 5.16 Å². The maximum absolute atomic E-state index is 13.1. The molecule has 1 amide bonds. The number of ether oxygens (including phenoxy) is 1. The Hall–Kier alpha value is -2.77. The minimum atomic E-state index is -0.203. The molecule has 0 radical (unpaired) electrons. The summed E-state index contributed by atoms with van der Waals surface area (Å²) >= 11 is 1.47. The van der Waals surface area contributed by atoms with Crippen LogP contribution in [-0.4, -0.2) is 51.8 Å². The lowest BCUT2D eigenvalue weighted by atomic mass is 9.80. The quantitative estimate of drug-likeness (QED) is 0.542. The van der Waals surface area contributed by atoms with E-state index in [1.165, 1.54) is 22.9 Å². The molecule has 5 rings (SSSR count). The first kappa shape index (κ1) is 23.0. The smallest absolute Gasteiger partial charge is 0.230 e. The van der Waals surface area contributed by atoms with Crippen molar-refractivity contribution in [1.29, 1.82) is 0 Å². The highest BCUT2D eigenvalue weighted by molar-refractivity contribution is 7.99. The highest BCUT2D eigenvalue weighted by Crippen LogP contribution is 2.44. The number of imidazole rings is 1. The van der Waals surface area contributed by atoms with Gasteiger partial charge in [0.1, 0.15) is 11.4 Å². The molecule has 178 valence electrons. The maximum atomic E-state index is 13.1. The van der Waals surface area contributed by atoms with Crippen molar-refractivity contribution in [1.82, 2.24) is 19.8 Å². The normalized spacial score (nSPS) is 19.4. The maximum Gasteiger partial charge on any atom is 0.230 e. The number of thioether (sulfide) groups is 1. The van der Waals surface area contributed by atoms with Crippen LogP contribution >= 0.6 is 11.8 Å². The number of aryl methyl sites for hydroxylation is 2. The largest absolute Gasteiger partial charge is 0.487 e. The molecule has 2 aliphatic rings. The van der Waals surface area contributed by atoms with Crippen molar-refractivity contribution in [2.45, 2.75) is 49.9 Å². The highest BCUT2D eigenvalue weighted by atomic mass is 32.2. The number of carbonyl (C=O) groups excluding carboxylic acids is 1. The van der Waals surface area contributed by atoms with Crippen molar-refractivity contribution in [3.8, 4) is 11.4 Å². The van der Waals surface area contributed by atoms with Gasteiger partial charge in [-0.1, -0.05) is 36.0 Å². The molecular weight excluding hydrogens is 444 g/mol. The van der Waals surface area contributed by atoms with Crippen molar-refractivity contribution < 1.29 is 9.53 Å². The molecule has 7 heteroatoms. The second-order valence-corrected chi connectivity index (χ2v) is 10.6. The third kappa shape index (κ3) is 4.86. The van der Waals surface area contributed by atoms with Crippen molar-refractivity contribution in [3.05, 3.63) is 71.5 Å². The predicted molar refractivity (Wildman–Crippen MR) is 136 cm³/mol. The average Bonchev–Trinajstić information content (AvgIpc) is 3.28. The standard InChI is InChI=1S/C27H32N4O2S/c1-19-14-20(2)16-21(15-19)31-13-10-28-26(31)34-18-25(32)29-23-17-27(8-11-30(3)12-9-27)33-24-7-5-4-6-22(23)24/h4-7,10,13-16,23H,8-9,11-12,17-18H2,1-3H3,(H,29,32). The molecule has 1 unspecified atom stereocenters. The first-order valence-electron chi connectivity index (χ1n) is 11.9. The van der Waals surface area contributed by atoms with Crippen LogP contribution in [0.5, 0.6) is 5.75 Å². The van der Waals surface area contributed by atoms with Crippen LogP contribution in [0.2, 0.25) is 0 Å². The number of rotatable bonds is 5. The number of aromatic nitrogens is 2. The SMILES string of the molecule is Cc1cc(C)cc(-n2ccnc2SCC(=O)NC2CC3(CCN(C)CC3)Oc3ccccc32)c1. The Morgan fingerprint density at radius 2 is 1.91 bits per heavy atom. The molecule has 0 aliphatic carbocycles. The Morgan fingerprint density at radius 3 is 2.68 bits per heavy atom. The number of piperidine rings is 1. The summed E-state index contributed by atoms with van der Waals surface area (Å²) < 4.78 is 8.58. The van der Waals surface area contributed by atoms with E-state index in [-0.39, 0.29) is 17.6 Å². The Kier molecular flexibility index (Phi) is 6.40. The lowest BCUT2D eigenvalue weighted by Crippen LogP contribution is -2.51. The number of benzene rings is 2. The summed E-state index contributed by atoms with van der Waals surface area (Å²) in [6.45, 7) is 6.21. The number of carbonyl (C=O) groups is 1. The van der Waals surface area contributed by atoms with E-state index in [1.807, 2.05) is 24.4 Å². The number of nitrogens with one attached hydrogen (secondary N) is 1. The van der Waals surface area contributed by atoms with Crippen LogP contribution < -0.4 is 10.1 Å². The van der Waals surface area contributed by atoms with Gasteiger partial charge in [0, 0.05) is 43.2 Å². The molecule has 0 bridgehead atoms.